The van der Waals surface area contributed by atoms with Crippen LogP contribution in [0.25, 0.3) is 0 Å². The van der Waals surface area contributed by atoms with Crippen LogP contribution in [-0.4, -0.2) is 95.2 Å². The number of hydrogen-bond donors (Lipinski definition) is 6. The van der Waals surface area contributed by atoms with Gasteiger partial charge in [-0.25, -0.2) is 0 Å². The van der Waals surface area contributed by atoms with Gasteiger partial charge in [0.1, 0.15) is 23.9 Å². The molecule has 0 aliphatic carbocycles. The summed E-state index contributed by atoms with van der Waals surface area (Å²) in [7, 11) is 5.88. The molecule has 0 fully saturated rings. The fourth-order valence-electron chi connectivity index (χ4n) is 4.68. The second kappa shape index (κ2) is 13.3. The average Bonchev–Trinajstić information content (AvgIpc) is 2.91. The Bertz CT molecular complexity index is 999. The van der Waals surface area contributed by atoms with Gasteiger partial charge in [-0.15, -0.1) is 0 Å². The van der Waals surface area contributed by atoms with Gasteiger partial charge < -0.3 is 49.6 Å². The van der Waals surface area contributed by atoms with Crippen LogP contribution < -0.4 is 18.9 Å². The molecule has 5 atom stereocenters. The molecule has 0 aromatic heterocycles. The van der Waals surface area contributed by atoms with Crippen molar-refractivity contribution in [3.8, 4) is 23.0 Å². The predicted molar refractivity (Wildman–Crippen MR) is 136 cm³/mol. The van der Waals surface area contributed by atoms with Gasteiger partial charge in [-0.05, 0) is 41.8 Å². The van der Waals surface area contributed by atoms with Gasteiger partial charge in [0, 0.05) is 12.8 Å². The predicted octanol–water partition coefficient (Wildman–Crippen LogP) is 0.843. The highest BCUT2D eigenvalue weighted by Gasteiger charge is 2.54. The van der Waals surface area contributed by atoms with Crippen LogP contribution in [0.15, 0.2) is 36.4 Å². The summed E-state index contributed by atoms with van der Waals surface area (Å²) in [4.78, 5) is 0. The molecule has 0 saturated carbocycles. The minimum Gasteiger partial charge on any atom is -0.493 e. The minimum atomic E-state index is -2.47. The molecular formula is C27H40O10. The molecule has 10 nitrogen and oxygen atoms in total. The van der Waals surface area contributed by atoms with E-state index in [-0.39, 0.29) is 19.3 Å². The zero-order valence-corrected chi connectivity index (χ0v) is 22.0. The van der Waals surface area contributed by atoms with E-state index < -0.39 is 36.1 Å². The molecule has 0 saturated heterocycles. The molecule has 0 radical (unpaired) electrons. The van der Waals surface area contributed by atoms with Crippen LogP contribution in [0, 0.1) is 0 Å². The lowest BCUT2D eigenvalue weighted by Gasteiger charge is -2.46. The number of aliphatic hydroxyl groups is 6. The van der Waals surface area contributed by atoms with Crippen molar-refractivity contribution >= 4 is 0 Å². The van der Waals surface area contributed by atoms with Crippen LogP contribution in [0.5, 0.6) is 23.0 Å². The number of aliphatic hydroxyl groups excluding tert-OH is 4. The molecule has 0 heterocycles. The third-order valence-electron chi connectivity index (χ3n) is 6.62. The molecule has 0 bridgehead atoms. The fourth-order valence-corrected chi connectivity index (χ4v) is 4.68. The highest BCUT2D eigenvalue weighted by atomic mass is 16.5. The Morgan fingerprint density at radius 1 is 0.730 bits per heavy atom. The Hall–Kier alpha value is -2.60. The lowest BCUT2D eigenvalue weighted by molar-refractivity contribution is -0.230. The van der Waals surface area contributed by atoms with Crippen molar-refractivity contribution in [3.05, 3.63) is 47.5 Å². The Morgan fingerprint density at radius 3 is 1.59 bits per heavy atom. The van der Waals surface area contributed by atoms with Crippen LogP contribution in [0.3, 0.4) is 0 Å². The first-order chi connectivity index (χ1) is 17.5. The molecule has 1 unspecified atom stereocenters. The van der Waals surface area contributed by atoms with Crippen LogP contribution >= 0.6 is 0 Å². The summed E-state index contributed by atoms with van der Waals surface area (Å²) < 4.78 is 21.2. The first-order valence-electron chi connectivity index (χ1n) is 12.0. The largest absolute Gasteiger partial charge is 0.493 e. The van der Waals surface area contributed by atoms with Crippen molar-refractivity contribution in [2.24, 2.45) is 0 Å². The fraction of sp³-hybridized carbons (Fsp3) is 0.556. The van der Waals surface area contributed by atoms with Crippen molar-refractivity contribution in [2.75, 3.05) is 35.0 Å². The Balaban J connectivity index is 2.55. The Morgan fingerprint density at radius 2 is 1.19 bits per heavy atom. The van der Waals surface area contributed by atoms with E-state index in [1.807, 2.05) is 0 Å². The second-order valence-corrected chi connectivity index (χ2v) is 9.17. The third-order valence-corrected chi connectivity index (χ3v) is 6.62. The number of benzene rings is 2. The van der Waals surface area contributed by atoms with E-state index in [1.54, 1.807) is 43.3 Å². The van der Waals surface area contributed by atoms with Gasteiger partial charge in [0.15, 0.2) is 23.0 Å². The molecule has 0 aliphatic heterocycles. The number of ether oxygens (including phenoxy) is 4. The van der Waals surface area contributed by atoms with Crippen LogP contribution in [-0.2, 0) is 12.8 Å². The molecule has 0 aliphatic rings. The topological polar surface area (TPSA) is 158 Å². The van der Waals surface area contributed by atoms with E-state index in [0.717, 1.165) is 0 Å². The summed E-state index contributed by atoms with van der Waals surface area (Å²) in [6.07, 6.45) is -5.74. The van der Waals surface area contributed by atoms with Gasteiger partial charge in [0.25, 0.3) is 0 Å². The van der Waals surface area contributed by atoms with Crippen LogP contribution in [0.2, 0.25) is 0 Å². The van der Waals surface area contributed by atoms with E-state index in [0.29, 0.717) is 40.5 Å². The minimum absolute atomic E-state index is 0.0543. The molecule has 0 spiro atoms. The molecular weight excluding hydrogens is 484 g/mol. The zero-order chi connectivity index (χ0) is 27.8. The maximum atomic E-state index is 11.8. The standard InChI is InChI=1S/C27H40O10/c1-6-11-26(32,14-17-7-9-20(34-2)22(12-17)36-4)25(31)27(33,24(30)19(29)16-28)15-18-8-10-21(35-3)23(13-18)37-5/h7-10,12-13,19,24-25,28-33H,6,11,14-16H2,1-5H3/t19-,24+,25+,26?,27+/m0/s1. The lowest BCUT2D eigenvalue weighted by Crippen LogP contribution is -2.66. The van der Waals surface area contributed by atoms with Gasteiger partial charge in [-0.3, -0.25) is 0 Å². The molecule has 2 aromatic rings. The molecule has 2 rings (SSSR count). The first-order valence-corrected chi connectivity index (χ1v) is 12.0. The molecule has 10 heteroatoms. The number of methoxy groups -OCH3 is 4. The summed E-state index contributed by atoms with van der Waals surface area (Å²) >= 11 is 0. The highest BCUT2D eigenvalue weighted by Crippen LogP contribution is 2.38. The van der Waals surface area contributed by atoms with Gasteiger partial charge >= 0.3 is 0 Å². The van der Waals surface area contributed by atoms with Crippen molar-refractivity contribution < 1.29 is 49.6 Å². The first kappa shape index (κ1) is 30.6. The second-order valence-electron chi connectivity index (χ2n) is 9.17. The summed E-state index contributed by atoms with van der Waals surface area (Å²) in [5.41, 5.74) is -3.40. The van der Waals surface area contributed by atoms with Crippen LogP contribution in [0.1, 0.15) is 30.9 Å². The molecule has 2 aromatic carbocycles. The Kier molecular flexibility index (Phi) is 11.0. The lowest BCUT2D eigenvalue weighted by atomic mass is 9.71. The van der Waals surface area contributed by atoms with E-state index in [9.17, 15) is 30.6 Å². The summed E-state index contributed by atoms with van der Waals surface area (Å²) in [5.74, 6) is 1.69. The quantitative estimate of drug-likeness (QED) is 0.197. The number of hydrogen-bond acceptors (Lipinski definition) is 10. The van der Waals surface area contributed by atoms with Gasteiger partial charge in [-0.2, -0.15) is 0 Å². The Labute approximate surface area is 217 Å². The van der Waals surface area contributed by atoms with Gasteiger partial charge in [0.2, 0.25) is 0 Å². The van der Waals surface area contributed by atoms with Crippen LogP contribution in [0.4, 0.5) is 0 Å². The highest BCUT2D eigenvalue weighted by molar-refractivity contribution is 5.44. The molecule has 37 heavy (non-hydrogen) atoms. The van der Waals surface area contributed by atoms with Gasteiger partial charge in [0.05, 0.1) is 40.6 Å². The number of rotatable bonds is 15. The maximum absolute atomic E-state index is 11.8. The summed E-state index contributed by atoms with van der Waals surface area (Å²) in [6.45, 7) is 0.933. The molecule has 208 valence electrons. The SMILES string of the molecule is CCCC(O)(Cc1ccc(OC)c(OC)c1)[C@@H](O)[C@@](O)(Cc1ccc(OC)c(OC)c1)[C@H](O)[C@@H](O)CO. The maximum Gasteiger partial charge on any atom is 0.160 e. The normalized spacial score (nSPS) is 17.2. The van der Waals surface area contributed by atoms with Crippen molar-refractivity contribution in [3.63, 3.8) is 0 Å². The van der Waals surface area contributed by atoms with Crippen molar-refractivity contribution in [1.82, 2.24) is 0 Å². The third kappa shape index (κ3) is 6.84. The summed E-state index contributed by atoms with van der Waals surface area (Å²) in [5, 5.41) is 65.7. The van der Waals surface area contributed by atoms with Gasteiger partial charge in [-0.1, -0.05) is 25.5 Å². The van der Waals surface area contributed by atoms with E-state index in [2.05, 4.69) is 0 Å². The zero-order valence-electron chi connectivity index (χ0n) is 22.0. The molecule has 6 N–H and O–H groups in total. The molecule has 0 amide bonds. The monoisotopic (exact) mass is 524 g/mol. The summed E-state index contributed by atoms with van der Waals surface area (Å²) in [6, 6.07) is 9.76. The van der Waals surface area contributed by atoms with E-state index in [1.165, 1.54) is 28.4 Å². The smallest absolute Gasteiger partial charge is 0.160 e. The van der Waals surface area contributed by atoms with E-state index in [4.69, 9.17) is 18.9 Å². The van der Waals surface area contributed by atoms with Crippen molar-refractivity contribution in [2.45, 2.75) is 62.1 Å². The van der Waals surface area contributed by atoms with Crippen molar-refractivity contribution in [1.29, 1.82) is 0 Å². The van der Waals surface area contributed by atoms with E-state index >= 15 is 0 Å². The average molecular weight is 525 g/mol.